The third-order valence-electron chi connectivity index (χ3n) is 9.52. The molecule has 4 amide bonds. The van der Waals surface area contributed by atoms with Gasteiger partial charge in [-0.25, -0.2) is 0 Å². The smallest absolute Gasteiger partial charge is 0.234 e. The van der Waals surface area contributed by atoms with E-state index in [1.165, 1.54) is 11.8 Å². The van der Waals surface area contributed by atoms with Crippen LogP contribution in [0.5, 0.6) is 0 Å². The lowest BCUT2D eigenvalue weighted by molar-refractivity contribution is -0.292. The number of nitrogens with one attached hydrogen (secondary N) is 4. The van der Waals surface area contributed by atoms with E-state index in [0.29, 0.717) is 32.2 Å². The van der Waals surface area contributed by atoms with E-state index in [2.05, 4.69) is 21.3 Å². The van der Waals surface area contributed by atoms with Crippen molar-refractivity contribution in [3.05, 3.63) is 0 Å². The molecule has 11 N–H and O–H groups in total. The van der Waals surface area contributed by atoms with Crippen LogP contribution in [0.3, 0.4) is 0 Å². The average molecular weight is 826 g/mol. The summed E-state index contributed by atoms with van der Waals surface area (Å²) in [5, 5.41) is 80.4. The van der Waals surface area contributed by atoms with Crippen molar-refractivity contribution in [2.75, 3.05) is 72.7 Å². The first-order valence-corrected chi connectivity index (χ1v) is 19.4. The van der Waals surface area contributed by atoms with Crippen LogP contribution >= 0.6 is 0 Å². The highest BCUT2D eigenvalue weighted by atomic mass is 16.7. The maximum atomic E-state index is 12.9. The molecular weight excluding hydrogens is 762 g/mol. The van der Waals surface area contributed by atoms with Crippen molar-refractivity contribution >= 4 is 23.6 Å². The van der Waals surface area contributed by atoms with Crippen molar-refractivity contribution in [2.24, 2.45) is 0 Å². The van der Waals surface area contributed by atoms with Crippen molar-refractivity contribution < 1.29 is 83.3 Å². The number of ether oxygens (including phenoxy) is 6. The quantitative estimate of drug-likeness (QED) is 0.0405. The lowest BCUT2D eigenvalue weighted by Crippen LogP contribution is -2.57. The minimum atomic E-state index is -1.50. The summed E-state index contributed by atoms with van der Waals surface area (Å²) >= 11 is 0. The summed E-state index contributed by atoms with van der Waals surface area (Å²) in [6.07, 6.45) is -10.2. The highest BCUT2D eigenvalue weighted by molar-refractivity contribution is 5.84. The van der Waals surface area contributed by atoms with Crippen molar-refractivity contribution in [3.8, 4) is 0 Å². The van der Waals surface area contributed by atoms with E-state index < -0.39 is 91.5 Å². The first kappa shape index (κ1) is 48.7. The van der Waals surface area contributed by atoms with Crippen LogP contribution < -0.4 is 21.3 Å². The van der Waals surface area contributed by atoms with E-state index in [1.807, 2.05) is 0 Å². The van der Waals surface area contributed by atoms with Gasteiger partial charge >= 0.3 is 0 Å². The summed E-state index contributed by atoms with van der Waals surface area (Å²) in [7, 11) is 1.56. The maximum absolute atomic E-state index is 12.9. The number of nitrogens with zero attached hydrogens (tertiary/aromatic N) is 1. The number of carbonyl (C=O) groups excluding carboxylic acids is 4. The molecule has 3 saturated heterocycles. The van der Waals surface area contributed by atoms with E-state index in [-0.39, 0.29) is 84.3 Å². The molecule has 0 aromatic carbocycles. The summed E-state index contributed by atoms with van der Waals surface area (Å²) in [4.78, 5) is 51.2. The number of amides is 4. The highest BCUT2D eigenvalue weighted by Crippen LogP contribution is 2.25. The standard InChI is InChI=1S/C35H63N5O17/c1-20-30(48)32(50)33(51)35(55-20)53-11-9-39-28(47)17-40(15-26(45)37-7-5-3-4-6-25(44)36-2)16-27(46)38-8-10-52-29-13-21(42)12-23(56-29)19-54-34-31(49)24(43)14-22(18-41)57-34/h20-24,29-35,41-43,48-51H,3-19H2,1-2H3,(H,36,44)(H,37,45)(H,38,46)(H,39,47)/t20-,21-,22-,23-,24-,29+,30+,31-,32+,33-,34-,35+/m0/s1. The van der Waals surface area contributed by atoms with Crippen molar-refractivity contribution in [3.63, 3.8) is 0 Å². The topological polar surface area (TPSA) is 317 Å². The van der Waals surface area contributed by atoms with Gasteiger partial charge in [-0.1, -0.05) is 6.42 Å². The molecular formula is C35H63N5O17. The minimum absolute atomic E-state index is 0.0133. The molecule has 3 aliphatic rings. The van der Waals surface area contributed by atoms with Crippen LogP contribution in [-0.4, -0.2) is 211 Å². The number of aliphatic hydroxyl groups excluding tert-OH is 7. The Balaban J connectivity index is 1.42. The molecule has 0 aromatic heterocycles. The van der Waals surface area contributed by atoms with Gasteiger partial charge in [-0.05, 0) is 19.8 Å². The molecule has 0 unspecified atom stereocenters. The van der Waals surface area contributed by atoms with Crippen LogP contribution in [0.4, 0.5) is 0 Å². The largest absolute Gasteiger partial charge is 0.394 e. The fourth-order valence-electron chi connectivity index (χ4n) is 6.32. The number of unbranched alkanes of at least 4 members (excludes halogenated alkanes) is 2. The van der Waals surface area contributed by atoms with E-state index in [9.17, 15) is 54.9 Å². The highest BCUT2D eigenvalue weighted by Gasteiger charge is 2.42. The Labute approximate surface area is 331 Å². The van der Waals surface area contributed by atoms with Gasteiger partial charge in [-0.15, -0.1) is 0 Å². The average Bonchev–Trinajstić information content (AvgIpc) is 3.17. The molecule has 3 fully saturated rings. The summed E-state index contributed by atoms with van der Waals surface area (Å²) in [6, 6.07) is 0. The van der Waals surface area contributed by atoms with Gasteiger partial charge in [0.15, 0.2) is 18.9 Å². The SMILES string of the molecule is CNC(=O)CCCCCNC(=O)CN(CC(=O)NCCO[C@H]1C[C@@H](O)C[C@@H](CO[C@H]2O[C@H](CO)C[C@H](O)[C@@H]2O)O1)CC(=O)NCCO[C@@H]1O[C@@H](C)[C@@H](O)[C@@H](O)[C@@H]1O. The van der Waals surface area contributed by atoms with E-state index in [0.717, 1.165) is 0 Å². The lowest BCUT2D eigenvalue weighted by atomic mass is 10.0. The van der Waals surface area contributed by atoms with E-state index >= 15 is 0 Å². The van der Waals surface area contributed by atoms with Gasteiger partial charge in [0, 0.05) is 52.4 Å². The Morgan fingerprint density at radius 2 is 1.26 bits per heavy atom. The number of hydrogen-bond donors (Lipinski definition) is 11. The summed E-state index contributed by atoms with van der Waals surface area (Å²) in [5.74, 6) is -1.54. The van der Waals surface area contributed by atoms with Gasteiger partial charge in [-0.3, -0.25) is 24.1 Å². The molecule has 22 nitrogen and oxygen atoms in total. The zero-order valence-electron chi connectivity index (χ0n) is 32.6. The van der Waals surface area contributed by atoms with Gasteiger partial charge in [0.2, 0.25) is 23.6 Å². The van der Waals surface area contributed by atoms with Crippen molar-refractivity contribution in [2.45, 2.75) is 126 Å². The minimum Gasteiger partial charge on any atom is -0.394 e. The molecule has 0 aliphatic carbocycles. The third-order valence-corrected chi connectivity index (χ3v) is 9.52. The molecule has 0 aromatic rings. The number of hydrogen-bond acceptors (Lipinski definition) is 18. The summed E-state index contributed by atoms with van der Waals surface area (Å²) in [5.41, 5.74) is 0. The maximum Gasteiger partial charge on any atom is 0.234 e. The van der Waals surface area contributed by atoms with Crippen LogP contribution in [-0.2, 0) is 47.6 Å². The van der Waals surface area contributed by atoms with Crippen LogP contribution in [0.25, 0.3) is 0 Å². The first-order valence-electron chi connectivity index (χ1n) is 19.4. The lowest BCUT2D eigenvalue weighted by Gasteiger charge is -2.38. The first-order chi connectivity index (χ1) is 27.2. The molecule has 3 aliphatic heterocycles. The Kier molecular flexibility index (Phi) is 22.0. The normalized spacial score (nSPS) is 31.8. The zero-order chi connectivity index (χ0) is 41.9. The predicted molar refractivity (Wildman–Crippen MR) is 194 cm³/mol. The molecule has 0 spiro atoms. The third kappa shape index (κ3) is 17.6. The van der Waals surface area contributed by atoms with E-state index in [1.54, 1.807) is 7.05 Å². The number of carbonyl (C=O) groups is 4. The molecule has 22 heteroatoms. The Bertz CT molecular complexity index is 1220. The van der Waals surface area contributed by atoms with Gasteiger partial charge in [0.05, 0.1) is 76.6 Å². The Morgan fingerprint density at radius 1 is 0.649 bits per heavy atom. The summed E-state index contributed by atoms with van der Waals surface area (Å²) < 4.78 is 33.4. The monoisotopic (exact) mass is 825 g/mol. The zero-order valence-corrected chi connectivity index (χ0v) is 32.6. The second kappa shape index (κ2) is 25.7. The molecule has 3 rings (SSSR count). The second-order valence-corrected chi connectivity index (χ2v) is 14.4. The Morgan fingerprint density at radius 3 is 1.89 bits per heavy atom. The van der Waals surface area contributed by atoms with Gasteiger partial charge in [0.25, 0.3) is 0 Å². The molecule has 330 valence electrons. The van der Waals surface area contributed by atoms with E-state index in [4.69, 9.17) is 28.4 Å². The molecule has 0 bridgehead atoms. The fourth-order valence-corrected chi connectivity index (χ4v) is 6.32. The molecule has 3 heterocycles. The Hall–Kier alpha value is -2.68. The van der Waals surface area contributed by atoms with Crippen LogP contribution in [0.15, 0.2) is 0 Å². The molecule has 0 radical (unpaired) electrons. The van der Waals surface area contributed by atoms with Crippen molar-refractivity contribution in [1.29, 1.82) is 0 Å². The van der Waals surface area contributed by atoms with Gasteiger partial charge in [-0.2, -0.15) is 0 Å². The van der Waals surface area contributed by atoms with Crippen LogP contribution in [0, 0.1) is 0 Å². The summed E-state index contributed by atoms with van der Waals surface area (Å²) in [6.45, 7) is 0.283. The fraction of sp³-hybridized carbons (Fsp3) is 0.886. The second-order valence-electron chi connectivity index (χ2n) is 14.4. The molecule has 57 heavy (non-hydrogen) atoms. The number of rotatable bonds is 24. The van der Waals surface area contributed by atoms with Crippen LogP contribution in [0.1, 0.15) is 51.9 Å². The molecule has 0 saturated carbocycles. The number of aliphatic hydroxyl groups is 7. The van der Waals surface area contributed by atoms with Gasteiger partial charge in [0.1, 0.15) is 24.4 Å². The van der Waals surface area contributed by atoms with Gasteiger partial charge < -0.3 is 85.4 Å². The van der Waals surface area contributed by atoms with Crippen LogP contribution in [0.2, 0.25) is 0 Å². The van der Waals surface area contributed by atoms with Crippen molar-refractivity contribution in [1.82, 2.24) is 26.2 Å². The predicted octanol–water partition coefficient (Wildman–Crippen LogP) is -5.48. The molecule has 12 atom stereocenters.